The van der Waals surface area contributed by atoms with Crippen LogP contribution < -0.4 is 38.8 Å². The molecule has 0 aliphatic heterocycles. The minimum Gasteiger partial charge on any atom is -1.00 e. The number of thioether (sulfide) groups is 1. The predicted octanol–water partition coefficient (Wildman–Crippen LogP) is 2.63. The van der Waals surface area contributed by atoms with Gasteiger partial charge in [-0.25, -0.2) is 0 Å². The molecule has 0 aliphatic rings. The smallest absolute Gasteiger partial charge is 0.298 e. The Labute approximate surface area is 242 Å². The van der Waals surface area contributed by atoms with Gasteiger partial charge in [0.2, 0.25) is 5.95 Å². The zero-order valence-corrected chi connectivity index (χ0v) is 24.7. The Bertz CT molecular complexity index is 1340. The molecule has 0 spiro atoms. The van der Waals surface area contributed by atoms with Crippen LogP contribution in [0, 0.1) is 0 Å². The van der Waals surface area contributed by atoms with Gasteiger partial charge in [0, 0.05) is 18.8 Å². The van der Waals surface area contributed by atoms with E-state index in [-0.39, 0.29) is 12.4 Å². The van der Waals surface area contributed by atoms with E-state index in [1.54, 1.807) is 11.8 Å². The molecule has 0 saturated heterocycles. The summed E-state index contributed by atoms with van der Waals surface area (Å²) in [5, 5.41) is 4.45. The number of benzene rings is 4. The molecule has 39 heavy (non-hydrogen) atoms. The average Bonchev–Trinajstić information content (AvgIpc) is 2.99. The minimum atomic E-state index is -2.42. The van der Waals surface area contributed by atoms with Crippen LogP contribution >= 0.6 is 19.0 Å². The second-order valence-corrected chi connectivity index (χ2v) is 13.1. The fraction of sp³-hybridized carbons (Fsp3) is 0.156. The van der Waals surface area contributed by atoms with Crippen molar-refractivity contribution in [3.05, 3.63) is 127 Å². The normalized spacial score (nSPS) is 11.0. The van der Waals surface area contributed by atoms with E-state index in [1.165, 1.54) is 21.5 Å². The Balaban J connectivity index is 0.00000353. The molecule has 0 N–H and O–H groups in total. The number of anilines is 1. The van der Waals surface area contributed by atoms with Gasteiger partial charge in [0.1, 0.15) is 15.9 Å². The molecule has 198 valence electrons. The lowest BCUT2D eigenvalue weighted by Gasteiger charge is -2.27. The van der Waals surface area contributed by atoms with Gasteiger partial charge >= 0.3 is 0 Å². The van der Waals surface area contributed by atoms with Crippen LogP contribution in [0.15, 0.2) is 126 Å². The fourth-order valence-electron chi connectivity index (χ4n) is 4.67. The van der Waals surface area contributed by atoms with Gasteiger partial charge in [0.15, 0.2) is 12.4 Å². The zero-order chi connectivity index (χ0) is 26.2. The number of rotatable bonds is 10. The standard InChI is InChI=1S/C32H32N4PS.ClH/c1-3-36(4-2)30-33-31(35-32(34-30)38-25-26-17-9-5-10-18-26)37(27-19-11-6-12-20-27,28-21-13-7-14-22-28)29-23-15-8-16-24-29;/h5-24H,3-4,25H2,1-2H3;1H/q+1;/p-1. The highest BCUT2D eigenvalue weighted by molar-refractivity contribution is 8.01. The summed E-state index contributed by atoms with van der Waals surface area (Å²) in [5.74, 6) is 1.54. The van der Waals surface area contributed by atoms with Gasteiger partial charge in [-0.2, -0.15) is 15.0 Å². The van der Waals surface area contributed by atoms with E-state index < -0.39 is 7.26 Å². The second-order valence-electron chi connectivity index (χ2n) is 8.84. The first kappa shape index (κ1) is 28.8. The van der Waals surface area contributed by atoms with Gasteiger partial charge in [-0.15, -0.1) is 0 Å². The van der Waals surface area contributed by atoms with Gasteiger partial charge in [-0.05, 0) is 55.8 Å². The van der Waals surface area contributed by atoms with Gasteiger partial charge in [-0.3, -0.25) is 0 Å². The molecule has 1 heterocycles. The van der Waals surface area contributed by atoms with Crippen molar-refractivity contribution in [1.82, 2.24) is 15.0 Å². The van der Waals surface area contributed by atoms with Crippen molar-refractivity contribution in [2.45, 2.75) is 24.8 Å². The zero-order valence-electron chi connectivity index (χ0n) is 22.2. The summed E-state index contributed by atoms with van der Waals surface area (Å²) in [6.45, 7) is 5.96. The Morgan fingerprint density at radius 2 is 1.03 bits per heavy atom. The van der Waals surface area contributed by atoms with Crippen molar-refractivity contribution in [3.63, 3.8) is 0 Å². The van der Waals surface area contributed by atoms with Crippen molar-refractivity contribution < 1.29 is 12.4 Å². The van der Waals surface area contributed by atoms with Gasteiger partial charge < -0.3 is 17.3 Å². The van der Waals surface area contributed by atoms with Gasteiger partial charge in [-0.1, -0.05) is 96.7 Å². The first-order valence-corrected chi connectivity index (χ1v) is 15.8. The third kappa shape index (κ3) is 6.17. The molecule has 0 bridgehead atoms. The van der Waals surface area contributed by atoms with Crippen LogP contribution in [0.4, 0.5) is 5.95 Å². The van der Waals surface area contributed by atoms with E-state index in [9.17, 15) is 0 Å². The molecule has 0 unspecified atom stereocenters. The maximum Gasteiger partial charge on any atom is 0.298 e. The molecule has 4 nitrogen and oxygen atoms in total. The minimum absolute atomic E-state index is 0. The summed E-state index contributed by atoms with van der Waals surface area (Å²) in [5.41, 5.74) is 2.09. The van der Waals surface area contributed by atoms with Crippen molar-refractivity contribution in [1.29, 1.82) is 0 Å². The van der Waals surface area contributed by atoms with Crippen LogP contribution in [0.5, 0.6) is 0 Å². The van der Waals surface area contributed by atoms with E-state index in [0.717, 1.165) is 35.5 Å². The average molecular weight is 571 g/mol. The van der Waals surface area contributed by atoms with Crippen LogP contribution in [-0.4, -0.2) is 28.0 Å². The molecule has 0 fully saturated rings. The summed E-state index contributed by atoms with van der Waals surface area (Å²) < 4.78 is 0. The Morgan fingerprint density at radius 3 is 1.46 bits per heavy atom. The van der Waals surface area contributed by atoms with Crippen LogP contribution in [0.2, 0.25) is 0 Å². The summed E-state index contributed by atoms with van der Waals surface area (Å²) >= 11 is 1.67. The monoisotopic (exact) mass is 570 g/mol. The lowest BCUT2D eigenvalue weighted by atomic mass is 10.2. The van der Waals surface area contributed by atoms with E-state index in [2.05, 4.69) is 134 Å². The summed E-state index contributed by atoms with van der Waals surface area (Å²) in [6.07, 6.45) is 0. The quantitative estimate of drug-likeness (QED) is 0.191. The Hall–Kier alpha value is -3.24. The lowest BCUT2D eigenvalue weighted by molar-refractivity contribution is -0.00000771. The topological polar surface area (TPSA) is 41.9 Å². The summed E-state index contributed by atoms with van der Waals surface area (Å²) in [4.78, 5) is 17.7. The van der Waals surface area contributed by atoms with Crippen molar-refractivity contribution in [2.24, 2.45) is 0 Å². The van der Waals surface area contributed by atoms with E-state index >= 15 is 0 Å². The Morgan fingerprint density at radius 1 is 0.590 bits per heavy atom. The maximum atomic E-state index is 5.27. The molecule has 5 rings (SSSR count). The summed E-state index contributed by atoms with van der Waals surface area (Å²) in [7, 11) is -2.42. The van der Waals surface area contributed by atoms with Crippen molar-refractivity contribution >= 4 is 46.5 Å². The number of hydrogen-bond acceptors (Lipinski definition) is 5. The molecular weight excluding hydrogens is 539 g/mol. The fourth-order valence-corrected chi connectivity index (χ4v) is 9.45. The van der Waals surface area contributed by atoms with Crippen LogP contribution in [0.1, 0.15) is 19.4 Å². The first-order valence-electron chi connectivity index (χ1n) is 13.0. The molecule has 0 atom stereocenters. The van der Waals surface area contributed by atoms with E-state index in [0.29, 0.717) is 0 Å². The van der Waals surface area contributed by atoms with E-state index in [1.807, 2.05) is 6.07 Å². The maximum absolute atomic E-state index is 5.27. The molecule has 0 saturated carbocycles. The van der Waals surface area contributed by atoms with Crippen LogP contribution in [-0.2, 0) is 5.75 Å². The highest BCUT2D eigenvalue weighted by atomic mass is 35.5. The predicted molar refractivity (Wildman–Crippen MR) is 164 cm³/mol. The number of aromatic nitrogens is 3. The van der Waals surface area contributed by atoms with Gasteiger partial charge in [0.05, 0.1) is 0 Å². The number of hydrogen-bond donors (Lipinski definition) is 0. The van der Waals surface area contributed by atoms with Crippen molar-refractivity contribution in [2.75, 3.05) is 18.0 Å². The number of nitrogens with zero attached hydrogens (tertiary/aromatic N) is 4. The first-order chi connectivity index (χ1) is 18.8. The highest BCUT2D eigenvalue weighted by Crippen LogP contribution is 2.53. The molecule has 5 aromatic rings. The molecule has 0 aliphatic carbocycles. The molecule has 1 aromatic heterocycles. The lowest BCUT2D eigenvalue weighted by Crippen LogP contribution is -3.00. The van der Waals surface area contributed by atoms with Crippen molar-refractivity contribution in [3.8, 4) is 0 Å². The SMILES string of the molecule is CCN(CC)c1nc(SCc2ccccc2)nc([P+](c2ccccc2)(c2ccccc2)c2ccccc2)n1.[Cl-]. The third-order valence-corrected chi connectivity index (χ3v) is 11.5. The number of halogens is 1. The molecule has 7 heteroatoms. The highest BCUT2D eigenvalue weighted by Gasteiger charge is 2.51. The third-order valence-electron chi connectivity index (χ3n) is 6.58. The van der Waals surface area contributed by atoms with E-state index in [4.69, 9.17) is 15.0 Å². The summed E-state index contributed by atoms with van der Waals surface area (Å²) in [6, 6.07) is 42.8. The molecular formula is C32H32ClN4PS. The van der Waals surface area contributed by atoms with Crippen LogP contribution in [0.3, 0.4) is 0 Å². The molecule has 0 amide bonds. The van der Waals surface area contributed by atoms with Crippen LogP contribution in [0.25, 0.3) is 0 Å². The molecule has 4 aromatic carbocycles. The molecule has 0 radical (unpaired) electrons. The van der Waals surface area contributed by atoms with Gasteiger partial charge in [0.25, 0.3) is 5.57 Å². The second kappa shape index (κ2) is 13.7. The largest absolute Gasteiger partial charge is 1.00 e. The Kier molecular flexibility index (Phi) is 10.1.